The van der Waals surface area contributed by atoms with Crippen molar-refractivity contribution in [3.63, 3.8) is 0 Å². The van der Waals surface area contributed by atoms with E-state index >= 15 is 0 Å². The molecule has 1 atom stereocenters. The molecule has 0 radical (unpaired) electrons. The lowest BCUT2D eigenvalue weighted by Crippen LogP contribution is -2.36. The van der Waals surface area contributed by atoms with E-state index in [9.17, 15) is 14.7 Å². The zero-order valence-corrected chi connectivity index (χ0v) is 13.5. The number of hydrogen-bond acceptors (Lipinski definition) is 5. The van der Waals surface area contributed by atoms with Crippen LogP contribution in [0.3, 0.4) is 0 Å². The summed E-state index contributed by atoms with van der Waals surface area (Å²) in [5, 5.41) is 27.0. The van der Waals surface area contributed by atoms with Crippen molar-refractivity contribution in [1.29, 1.82) is 0 Å². The lowest BCUT2D eigenvalue weighted by Gasteiger charge is -2.25. The highest BCUT2D eigenvalue weighted by molar-refractivity contribution is 7.99. The van der Waals surface area contributed by atoms with Crippen LogP contribution in [0.2, 0.25) is 0 Å². The standard InChI is InChI=1S/C15H21NO5S/c1-10-4-3-5-11(2)14(10)16(13(19)8-17)6-7-22-9-12(18)15(20)21/h3-5,12,17-18H,6-9H2,1-2H3,(H,20,21)/t12-/m1/s1. The summed E-state index contributed by atoms with van der Waals surface area (Å²) in [6, 6.07) is 5.68. The summed E-state index contributed by atoms with van der Waals surface area (Å²) in [7, 11) is 0. The molecule has 0 aliphatic heterocycles. The average Bonchev–Trinajstić information content (AvgIpc) is 2.47. The molecular formula is C15H21NO5S. The molecule has 0 fully saturated rings. The lowest BCUT2D eigenvalue weighted by atomic mass is 10.1. The Morgan fingerprint density at radius 2 is 1.86 bits per heavy atom. The van der Waals surface area contributed by atoms with Gasteiger partial charge in [-0.05, 0) is 25.0 Å². The van der Waals surface area contributed by atoms with Gasteiger partial charge < -0.3 is 20.2 Å². The highest BCUT2D eigenvalue weighted by Gasteiger charge is 2.19. The molecule has 0 aromatic heterocycles. The number of aliphatic hydroxyl groups is 2. The van der Waals surface area contributed by atoms with Crippen LogP contribution in [0.15, 0.2) is 18.2 Å². The van der Waals surface area contributed by atoms with Crippen molar-refractivity contribution in [2.45, 2.75) is 20.0 Å². The zero-order valence-electron chi connectivity index (χ0n) is 12.7. The first-order valence-corrected chi connectivity index (χ1v) is 8.00. The van der Waals surface area contributed by atoms with Gasteiger partial charge in [-0.2, -0.15) is 11.8 Å². The highest BCUT2D eigenvalue weighted by atomic mass is 32.2. The molecule has 1 aromatic rings. The van der Waals surface area contributed by atoms with Crippen molar-refractivity contribution in [3.05, 3.63) is 29.3 Å². The van der Waals surface area contributed by atoms with Crippen molar-refractivity contribution in [3.8, 4) is 0 Å². The van der Waals surface area contributed by atoms with E-state index in [0.717, 1.165) is 16.8 Å². The molecule has 0 saturated carbocycles. The second-order valence-corrected chi connectivity index (χ2v) is 6.02. The first kappa shape index (κ1) is 18.5. The van der Waals surface area contributed by atoms with E-state index in [1.165, 1.54) is 16.7 Å². The summed E-state index contributed by atoms with van der Waals surface area (Å²) in [5.41, 5.74) is 2.62. The summed E-state index contributed by atoms with van der Waals surface area (Å²) >= 11 is 1.25. The number of carboxylic acids is 1. The van der Waals surface area contributed by atoms with E-state index in [1.54, 1.807) is 0 Å². The lowest BCUT2D eigenvalue weighted by molar-refractivity contribution is -0.145. The summed E-state index contributed by atoms with van der Waals surface area (Å²) < 4.78 is 0. The summed E-state index contributed by atoms with van der Waals surface area (Å²) in [5.74, 6) is -1.14. The van der Waals surface area contributed by atoms with Gasteiger partial charge in [-0.3, -0.25) is 4.79 Å². The second kappa shape index (κ2) is 8.77. The number of aliphatic hydroxyl groups excluding tert-OH is 2. The van der Waals surface area contributed by atoms with E-state index in [-0.39, 0.29) is 5.75 Å². The first-order valence-electron chi connectivity index (χ1n) is 6.84. The number of carbonyl (C=O) groups is 2. The maximum atomic E-state index is 12.0. The van der Waals surface area contributed by atoms with Crippen LogP contribution in [0.5, 0.6) is 0 Å². The average molecular weight is 327 g/mol. The van der Waals surface area contributed by atoms with Gasteiger partial charge in [0, 0.05) is 23.7 Å². The fourth-order valence-corrected chi connectivity index (χ4v) is 2.94. The SMILES string of the molecule is Cc1cccc(C)c1N(CCSC[C@@H](O)C(=O)O)C(=O)CO. The summed E-state index contributed by atoms with van der Waals surface area (Å²) in [6.45, 7) is 3.53. The molecule has 7 heteroatoms. The Kier molecular flexibility index (Phi) is 7.37. The fourth-order valence-electron chi connectivity index (χ4n) is 2.10. The zero-order chi connectivity index (χ0) is 16.7. The van der Waals surface area contributed by atoms with E-state index in [0.29, 0.717) is 12.3 Å². The van der Waals surface area contributed by atoms with Gasteiger partial charge in [-0.1, -0.05) is 18.2 Å². The minimum atomic E-state index is -1.41. The van der Waals surface area contributed by atoms with Crippen LogP contribution >= 0.6 is 11.8 Å². The van der Waals surface area contributed by atoms with Crippen LogP contribution < -0.4 is 4.90 Å². The minimum absolute atomic E-state index is 0.0588. The van der Waals surface area contributed by atoms with Gasteiger partial charge in [0.2, 0.25) is 0 Å². The molecule has 0 aliphatic rings. The molecule has 1 aromatic carbocycles. The van der Waals surface area contributed by atoms with Crippen LogP contribution in [0, 0.1) is 13.8 Å². The van der Waals surface area contributed by atoms with Gasteiger partial charge in [-0.15, -0.1) is 0 Å². The van der Waals surface area contributed by atoms with Crippen LogP contribution in [-0.4, -0.2) is 58.0 Å². The van der Waals surface area contributed by atoms with Crippen molar-refractivity contribution >= 4 is 29.3 Å². The number of thioether (sulfide) groups is 1. The maximum absolute atomic E-state index is 12.0. The first-order chi connectivity index (χ1) is 10.4. The molecule has 0 heterocycles. The molecule has 0 saturated heterocycles. The fraction of sp³-hybridized carbons (Fsp3) is 0.467. The Balaban J connectivity index is 2.75. The maximum Gasteiger partial charge on any atom is 0.333 e. The van der Waals surface area contributed by atoms with Crippen LogP contribution in [0.1, 0.15) is 11.1 Å². The van der Waals surface area contributed by atoms with Crippen LogP contribution in [0.4, 0.5) is 5.69 Å². The Hall–Kier alpha value is -1.57. The third-order valence-electron chi connectivity index (χ3n) is 3.17. The number of carbonyl (C=O) groups excluding carboxylic acids is 1. The number of para-hydroxylation sites is 1. The Bertz CT molecular complexity index is 514. The quantitative estimate of drug-likeness (QED) is 0.611. The number of anilines is 1. The largest absolute Gasteiger partial charge is 0.479 e. The molecule has 0 unspecified atom stereocenters. The number of rotatable bonds is 8. The summed E-state index contributed by atoms with van der Waals surface area (Å²) in [6.07, 6.45) is -1.41. The normalized spacial score (nSPS) is 12.0. The molecule has 0 spiro atoms. The van der Waals surface area contributed by atoms with Crippen molar-refractivity contribution in [2.24, 2.45) is 0 Å². The van der Waals surface area contributed by atoms with Gasteiger partial charge in [0.15, 0.2) is 6.10 Å². The molecule has 0 bridgehead atoms. The minimum Gasteiger partial charge on any atom is -0.479 e. The predicted molar refractivity (Wildman–Crippen MR) is 86.3 cm³/mol. The van der Waals surface area contributed by atoms with Gasteiger partial charge in [0.05, 0.1) is 0 Å². The Labute approximate surface area is 133 Å². The molecule has 0 aliphatic carbocycles. The van der Waals surface area contributed by atoms with E-state index in [4.69, 9.17) is 10.2 Å². The number of amides is 1. The molecule has 1 rings (SSSR count). The van der Waals surface area contributed by atoms with Crippen molar-refractivity contribution in [1.82, 2.24) is 0 Å². The van der Waals surface area contributed by atoms with Gasteiger partial charge in [0.25, 0.3) is 5.91 Å². The Morgan fingerprint density at radius 1 is 1.27 bits per heavy atom. The van der Waals surface area contributed by atoms with Gasteiger partial charge in [0.1, 0.15) is 6.61 Å². The number of hydrogen-bond donors (Lipinski definition) is 3. The smallest absolute Gasteiger partial charge is 0.333 e. The Morgan fingerprint density at radius 3 is 2.36 bits per heavy atom. The number of aliphatic carboxylic acids is 1. The van der Waals surface area contributed by atoms with E-state index < -0.39 is 24.6 Å². The molecule has 22 heavy (non-hydrogen) atoms. The van der Waals surface area contributed by atoms with Crippen molar-refractivity contribution in [2.75, 3.05) is 29.6 Å². The highest BCUT2D eigenvalue weighted by Crippen LogP contribution is 2.25. The molecular weight excluding hydrogens is 306 g/mol. The molecule has 122 valence electrons. The van der Waals surface area contributed by atoms with Crippen LogP contribution in [-0.2, 0) is 9.59 Å². The number of benzene rings is 1. The molecule has 3 N–H and O–H groups in total. The third-order valence-corrected chi connectivity index (χ3v) is 4.19. The number of nitrogens with zero attached hydrogens (tertiary/aromatic N) is 1. The third kappa shape index (κ3) is 5.01. The number of aryl methyl sites for hydroxylation is 2. The van der Waals surface area contributed by atoms with Crippen LogP contribution in [0.25, 0.3) is 0 Å². The van der Waals surface area contributed by atoms with E-state index in [1.807, 2.05) is 32.0 Å². The van der Waals surface area contributed by atoms with E-state index in [2.05, 4.69) is 0 Å². The topological polar surface area (TPSA) is 98.1 Å². The predicted octanol–water partition coefficient (Wildman–Crippen LogP) is 0.807. The summed E-state index contributed by atoms with van der Waals surface area (Å²) in [4.78, 5) is 24.0. The van der Waals surface area contributed by atoms with Gasteiger partial charge in [-0.25, -0.2) is 4.79 Å². The monoisotopic (exact) mass is 327 g/mol. The molecule has 6 nitrogen and oxygen atoms in total. The van der Waals surface area contributed by atoms with Crippen molar-refractivity contribution < 1.29 is 24.9 Å². The second-order valence-electron chi connectivity index (χ2n) is 4.87. The number of carboxylic acid groups (broad SMARTS) is 1. The van der Waals surface area contributed by atoms with Gasteiger partial charge >= 0.3 is 5.97 Å². The molecule has 1 amide bonds.